The van der Waals surface area contributed by atoms with E-state index in [0.29, 0.717) is 0 Å². The minimum atomic E-state index is 1.05. The Labute approximate surface area is 80.3 Å². The fourth-order valence-electron chi connectivity index (χ4n) is 1.40. The van der Waals surface area contributed by atoms with Crippen LogP contribution in [0.4, 0.5) is 0 Å². The molecule has 0 radical (unpaired) electrons. The average Bonchev–Trinajstić information content (AvgIpc) is 2.59. The number of rotatable bonds is 6. The van der Waals surface area contributed by atoms with Crippen LogP contribution >= 0.6 is 0 Å². The normalized spacial score (nSPS) is 10.6. The maximum Gasteiger partial charge on any atom is 0.139 e. The second kappa shape index (κ2) is 5.79. The fourth-order valence-corrected chi connectivity index (χ4v) is 1.40. The van der Waals surface area contributed by atoms with Gasteiger partial charge in [-0.15, -0.1) is 0 Å². The summed E-state index contributed by atoms with van der Waals surface area (Å²) in [7, 11) is 0. The van der Waals surface area contributed by atoms with E-state index < -0.39 is 0 Å². The first kappa shape index (κ1) is 10.3. The van der Waals surface area contributed by atoms with Crippen molar-refractivity contribution in [3.8, 4) is 0 Å². The van der Waals surface area contributed by atoms with E-state index in [1.165, 1.54) is 31.2 Å². The van der Waals surface area contributed by atoms with Crippen LogP contribution in [0.25, 0.3) is 0 Å². The first-order chi connectivity index (χ1) is 6.38. The summed E-state index contributed by atoms with van der Waals surface area (Å²) < 4.78 is 5.21. The molecule has 1 aromatic heterocycles. The Kier molecular flexibility index (Phi) is 4.58. The third-order valence-corrected chi connectivity index (χ3v) is 2.29. The largest absolute Gasteiger partial charge is 0.361 e. The maximum atomic E-state index is 5.21. The van der Waals surface area contributed by atoms with Gasteiger partial charge in [-0.05, 0) is 19.3 Å². The molecule has 2 nitrogen and oxygen atoms in total. The SMILES string of the molecule is CCCCc1cnoc1CCCC. The Morgan fingerprint density at radius 2 is 1.85 bits per heavy atom. The molecule has 0 N–H and O–H groups in total. The van der Waals surface area contributed by atoms with Crippen LogP contribution in [0.2, 0.25) is 0 Å². The smallest absolute Gasteiger partial charge is 0.139 e. The number of unbranched alkanes of at least 4 members (excludes halogenated alkanes) is 2. The minimum absolute atomic E-state index is 1.05. The van der Waals surface area contributed by atoms with Crippen LogP contribution in [0, 0.1) is 0 Å². The van der Waals surface area contributed by atoms with E-state index in [9.17, 15) is 0 Å². The summed E-state index contributed by atoms with van der Waals surface area (Å²) >= 11 is 0. The number of hydrogen-bond acceptors (Lipinski definition) is 2. The van der Waals surface area contributed by atoms with Crippen molar-refractivity contribution in [1.29, 1.82) is 0 Å². The minimum Gasteiger partial charge on any atom is -0.361 e. The molecular formula is C11H19NO. The highest BCUT2D eigenvalue weighted by Gasteiger charge is 2.06. The van der Waals surface area contributed by atoms with Crippen molar-refractivity contribution in [3.63, 3.8) is 0 Å². The van der Waals surface area contributed by atoms with Crippen LogP contribution < -0.4 is 0 Å². The molecule has 0 aliphatic carbocycles. The highest BCUT2D eigenvalue weighted by atomic mass is 16.5. The third-order valence-electron chi connectivity index (χ3n) is 2.29. The summed E-state index contributed by atoms with van der Waals surface area (Å²) in [4.78, 5) is 0. The zero-order valence-corrected chi connectivity index (χ0v) is 8.68. The van der Waals surface area contributed by atoms with Gasteiger partial charge >= 0.3 is 0 Å². The molecule has 0 amide bonds. The molecule has 0 bridgehead atoms. The predicted molar refractivity (Wildman–Crippen MR) is 53.7 cm³/mol. The molecule has 0 aliphatic rings. The van der Waals surface area contributed by atoms with E-state index in [4.69, 9.17) is 4.52 Å². The Morgan fingerprint density at radius 3 is 2.54 bits per heavy atom. The molecule has 1 rings (SSSR count). The van der Waals surface area contributed by atoms with Crippen molar-refractivity contribution in [2.75, 3.05) is 0 Å². The van der Waals surface area contributed by atoms with Crippen molar-refractivity contribution in [1.82, 2.24) is 5.16 Å². The Balaban J connectivity index is 2.45. The molecule has 0 spiro atoms. The quantitative estimate of drug-likeness (QED) is 0.672. The van der Waals surface area contributed by atoms with Gasteiger partial charge in [0.25, 0.3) is 0 Å². The molecule has 0 unspecified atom stereocenters. The third kappa shape index (κ3) is 3.21. The molecule has 1 heterocycles. The van der Waals surface area contributed by atoms with Gasteiger partial charge in [-0.3, -0.25) is 0 Å². The highest BCUT2D eigenvalue weighted by Crippen LogP contribution is 2.13. The van der Waals surface area contributed by atoms with E-state index >= 15 is 0 Å². The van der Waals surface area contributed by atoms with E-state index in [1.54, 1.807) is 0 Å². The molecule has 1 aromatic rings. The monoisotopic (exact) mass is 181 g/mol. The molecule has 74 valence electrons. The molecule has 0 saturated carbocycles. The Hall–Kier alpha value is -0.790. The lowest BCUT2D eigenvalue weighted by Gasteiger charge is -1.98. The highest BCUT2D eigenvalue weighted by molar-refractivity contribution is 5.13. The van der Waals surface area contributed by atoms with Gasteiger partial charge in [0.2, 0.25) is 0 Å². The molecular weight excluding hydrogens is 162 g/mol. The standard InChI is InChI=1S/C11H19NO/c1-3-5-7-10-9-12-13-11(10)8-6-4-2/h9H,3-8H2,1-2H3. The summed E-state index contributed by atoms with van der Waals surface area (Å²) in [5.41, 5.74) is 1.32. The number of nitrogens with zero attached hydrogens (tertiary/aromatic N) is 1. The topological polar surface area (TPSA) is 26.0 Å². The van der Waals surface area contributed by atoms with Crippen LogP contribution in [-0.4, -0.2) is 5.16 Å². The maximum absolute atomic E-state index is 5.21. The first-order valence-electron chi connectivity index (χ1n) is 5.30. The molecule has 0 aromatic carbocycles. The molecule has 0 saturated heterocycles. The zero-order chi connectivity index (χ0) is 9.52. The van der Waals surface area contributed by atoms with Gasteiger partial charge in [-0.25, -0.2) is 0 Å². The summed E-state index contributed by atoms with van der Waals surface area (Å²) in [5, 5.41) is 3.85. The van der Waals surface area contributed by atoms with Gasteiger partial charge in [-0.1, -0.05) is 31.8 Å². The van der Waals surface area contributed by atoms with Crippen molar-refractivity contribution in [3.05, 3.63) is 17.5 Å². The van der Waals surface area contributed by atoms with Crippen LogP contribution in [0.1, 0.15) is 50.9 Å². The van der Waals surface area contributed by atoms with Crippen molar-refractivity contribution < 1.29 is 4.52 Å². The van der Waals surface area contributed by atoms with Crippen molar-refractivity contribution in [2.45, 2.75) is 52.4 Å². The lowest BCUT2D eigenvalue weighted by molar-refractivity contribution is 0.378. The van der Waals surface area contributed by atoms with Gasteiger partial charge in [0.05, 0.1) is 6.20 Å². The van der Waals surface area contributed by atoms with E-state index in [2.05, 4.69) is 19.0 Å². The number of aromatic nitrogens is 1. The number of aryl methyl sites for hydroxylation is 2. The zero-order valence-electron chi connectivity index (χ0n) is 8.68. The van der Waals surface area contributed by atoms with Gasteiger partial charge in [-0.2, -0.15) is 0 Å². The van der Waals surface area contributed by atoms with Gasteiger partial charge in [0.15, 0.2) is 0 Å². The number of hydrogen-bond donors (Lipinski definition) is 0. The summed E-state index contributed by atoms with van der Waals surface area (Å²) in [6.07, 6.45) is 8.94. The molecule has 0 atom stereocenters. The van der Waals surface area contributed by atoms with Gasteiger partial charge in [0.1, 0.15) is 5.76 Å². The van der Waals surface area contributed by atoms with Gasteiger partial charge < -0.3 is 4.52 Å². The second-order valence-electron chi connectivity index (χ2n) is 3.48. The Bertz CT molecular complexity index is 207. The van der Waals surface area contributed by atoms with E-state index in [1.807, 2.05) is 6.20 Å². The van der Waals surface area contributed by atoms with Crippen LogP contribution in [0.3, 0.4) is 0 Å². The summed E-state index contributed by atoms with van der Waals surface area (Å²) in [5.74, 6) is 1.11. The lowest BCUT2D eigenvalue weighted by atomic mass is 10.1. The van der Waals surface area contributed by atoms with Crippen LogP contribution in [0.15, 0.2) is 10.7 Å². The molecule has 0 aliphatic heterocycles. The molecule has 2 heteroatoms. The molecule has 0 fully saturated rings. The van der Waals surface area contributed by atoms with E-state index in [-0.39, 0.29) is 0 Å². The van der Waals surface area contributed by atoms with Crippen molar-refractivity contribution in [2.24, 2.45) is 0 Å². The summed E-state index contributed by atoms with van der Waals surface area (Å²) in [6, 6.07) is 0. The van der Waals surface area contributed by atoms with Crippen molar-refractivity contribution >= 4 is 0 Å². The van der Waals surface area contributed by atoms with Crippen LogP contribution in [0.5, 0.6) is 0 Å². The average molecular weight is 181 g/mol. The molecule has 13 heavy (non-hydrogen) atoms. The predicted octanol–water partition coefficient (Wildman–Crippen LogP) is 3.36. The summed E-state index contributed by atoms with van der Waals surface area (Å²) in [6.45, 7) is 4.40. The lowest BCUT2D eigenvalue weighted by Crippen LogP contribution is -1.89. The second-order valence-corrected chi connectivity index (χ2v) is 3.48. The fraction of sp³-hybridized carbons (Fsp3) is 0.727. The van der Waals surface area contributed by atoms with Gasteiger partial charge in [0, 0.05) is 12.0 Å². The van der Waals surface area contributed by atoms with Crippen LogP contribution in [-0.2, 0) is 12.8 Å². The Morgan fingerprint density at radius 1 is 1.15 bits per heavy atom. The first-order valence-corrected chi connectivity index (χ1v) is 5.30. The van der Waals surface area contributed by atoms with E-state index in [0.717, 1.165) is 18.6 Å².